The topological polar surface area (TPSA) is 84.5 Å². The second-order valence-corrected chi connectivity index (χ2v) is 5.44. The highest BCUT2D eigenvalue weighted by Crippen LogP contribution is 2.12. The normalized spacial score (nSPS) is 11.7. The van der Waals surface area contributed by atoms with Crippen molar-refractivity contribution in [2.24, 2.45) is 5.92 Å². The monoisotopic (exact) mass is 306 g/mol. The highest BCUT2D eigenvalue weighted by molar-refractivity contribution is 5.97. The molecule has 0 aliphatic heterocycles. The molecule has 6 heteroatoms. The lowest BCUT2D eigenvalue weighted by molar-refractivity contribution is -0.143. The molecule has 1 aromatic carbocycles. The predicted octanol–water partition coefficient (Wildman–Crippen LogP) is 2.60. The summed E-state index contributed by atoms with van der Waals surface area (Å²) in [4.78, 5) is 35.0. The van der Waals surface area contributed by atoms with Crippen LogP contribution in [0.2, 0.25) is 0 Å². The molecule has 0 aliphatic carbocycles. The molecule has 0 aromatic heterocycles. The van der Waals surface area contributed by atoms with Gasteiger partial charge in [-0.15, -0.1) is 0 Å². The van der Waals surface area contributed by atoms with Gasteiger partial charge in [-0.25, -0.2) is 9.59 Å². The van der Waals surface area contributed by atoms with Gasteiger partial charge in [0.05, 0.1) is 7.11 Å². The summed E-state index contributed by atoms with van der Waals surface area (Å²) in [6, 6.07) is 5.37. The van der Waals surface area contributed by atoms with Gasteiger partial charge in [0.15, 0.2) is 5.78 Å². The van der Waals surface area contributed by atoms with Gasteiger partial charge in [0.1, 0.15) is 6.04 Å². The van der Waals surface area contributed by atoms with E-state index in [9.17, 15) is 14.4 Å². The van der Waals surface area contributed by atoms with E-state index in [1.807, 2.05) is 13.8 Å². The average molecular weight is 306 g/mol. The van der Waals surface area contributed by atoms with E-state index < -0.39 is 18.0 Å². The highest BCUT2D eigenvalue weighted by atomic mass is 16.5. The number of hydrogen-bond donors (Lipinski definition) is 2. The van der Waals surface area contributed by atoms with Gasteiger partial charge < -0.3 is 15.4 Å². The van der Waals surface area contributed by atoms with Crippen LogP contribution in [0, 0.1) is 5.92 Å². The van der Waals surface area contributed by atoms with Crippen LogP contribution in [0.4, 0.5) is 10.5 Å². The molecule has 6 nitrogen and oxygen atoms in total. The van der Waals surface area contributed by atoms with Crippen LogP contribution >= 0.6 is 0 Å². The number of nitrogens with one attached hydrogen (secondary N) is 2. The molecule has 0 bridgehead atoms. The molecule has 1 rings (SSSR count). The van der Waals surface area contributed by atoms with Crippen molar-refractivity contribution in [1.82, 2.24) is 5.32 Å². The fourth-order valence-corrected chi connectivity index (χ4v) is 1.97. The van der Waals surface area contributed by atoms with Crippen molar-refractivity contribution in [2.75, 3.05) is 12.4 Å². The van der Waals surface area contributed by atoms with Crippen molar-refractivity contribution in [3.63, 3.8) is 0 Å². The summed E-state index contributed by atoms with van der Waals surface area (Å²) in [7, 11) is 1.28. The van der Waals surface area contributed by atoms with E-state index in [0.717, 1.165) is 0 Å². The summed E-state index contributed by atoms with van der Waals surface area (Å²) >= 11 is 0. The third-order valence-electron chi connectivity index (χ3n) is 3.03. The molecule has 0 unspecified atom stereocenters. The molecule has 0 spiro atoms. The molecule has 0 saturated carbocycles. The minimum Gasteiger partial charge on any atom is -0.467 e. The molecule has 0 heterocycles. The maximum Gasteiger partial charge on any atom is 0.328 e. The number of carbonyl (C=O) groups excluding carboxylic acids is 3. The number of esters is 1. The Kier molecular flexibility index (Phi) is 6.56. The summed E-state index contributed by atoms with van der Waals surface area (Å²) in [5.41, 5.74) is 0.989. The first-order chi connectivity index (χ1) is 10.3. The fraction of sp³-hybridized carbons (Fsp3) is 0.438. The first-order valence-corrected chi connectivity index (χ1v) is 7.09. The largest absolute Gasteiger partial charge is 0.467 e. The zero-order valence-electron chi connectivity index (χ0n) is 13.3. The lowest BCUT2D eigenvalue weighted by Gasteiger charge is -2.18. The maximum absolute atomic E-state index is 12.0. The Morgan fingerprint density at radius 2 is 1.91 bits per heavy atom. The molecule has 2 amide bonds. The molecule has 120 valence electrons. The third kappa shape index (κ3) is 5.55. The molecule has 2 N–H and O–H groups in total. The molecule has 22 heavy (non-hydrogen) atoms. The van der Waals surface area contributed by atoms with Crippen molar-refractivity contribution in [3.8, 4) is 0 Å². The SMILES string of the molecule is COC(=O)[C@H](CC(C)C)NC(=O)Nc1cccc(C(C)=O)c1. The van der Waals surface area contributed by atoms with Crippen LogP contribution in [0.5, 0.6) is 0 Å². The molecular formula is C16H22N2O4. The van der Waals surface area contributed by atoms with E-state index in [0.29, 0.717) is 17.7 Å². The van der Waals surface area contributed by atoms with Crippen LogP contribution in [0.25, 0.3) is 0 Å². The number of benzene rings is 1. The minimum absolute atomic E-state index is 0.0868. The Labute approximate surface area is 130 Å². The maximum atomic E-state index is 12.0. The van der Waals surface area contributed by atoms with Gasteiger partial charge in [0, 0.05) is 11.3 Å². The summed E-state index contributed by atoms with van der Waals surface area (Å²) in [6.45, 7) is 5.35. The second kappa shape index (κ2) is 8.17. The zero-order chi connectivity index (χ0) is 16.7. The first kappa shape index (κ1) is 17.7. The van der Waals surface area contributed by atoms with E-state index in [1.54, 1.807) is 24.3 Å². The lowest BCUT2D eigenvalue weighted by Crippen LogP contribution is -2.44. The molecular weight excluding hydrogens is 284 g/mol. The Morgan fingerprint density at radius 3 is 2.45 bits per heavy atom. The van der Waals surface area contributed by atoms with Crippen molar-refractivity contribution < 1.29 is 19.1 Å². The van der Waals surface area contributed by atoms with Crippen LogP contribution in [0.1, 0.15) is 37.6 Å². The molecule has 1 atom stereocenters. The van der Waals surface area contributed by atoms with Crippen LogP contribution in [-0.4, -0.2) is 30.9 Å². The fourth-order valence-electron chi connectivity index (χ4n) is 1.97. The second-order valence-electron chi connectivity index (χ2n) is 5.44. The molecule has 0 fully saturated rings. The summed E-state index contributed by atoms with van der Waals surface area (Å²) in [5.74, 6) is -0.344. The van der Waals surface area contributed by atoms with Crippen LogP contribution < -0.4 is 10.6 Å². The van der Waals surface area contributed by atoms with E-state index >= 15 is 0 Å². The molecule has 0 radical (unpaired) electrons. The first-order valence-electron chi connectivity index (χ1n) is 7.09. The Bertz CT molecular complexity index is 555. The van der Waals surface area contributed by atoms with E-state index in [-0.39, 0.29) is 11.7 Å². The lowest BCUT2D eigenvalue weighted by atomic mass is 10.0. The number of urea groups is 1. The van der Waals surface area contributed by atoms with E-state index in [1.165, 1.54) is 14.0 Å². The quantitative estimate of drug-likeness (QED) is 0.625. The highest BCUT2D eigenvalue weighted by Gasteiger charge is 2.22. The van der Waals surface area contributed by atoms with Crippen LogP contribution in [0.15, 0.2) is 24.3 Å². The van der Waals surface area contributed by atoms with Crippen molar-refractivity contribution in [3.05, 3.63) is 29.8 Å². The standard InChI is InChI=1S/C16H22N2O4/c1-10(2)8-14(15(20)22-4)18-16(21)17-13-7-5-6-12(9-13)11(3)19/h5-7,9-10,14H,8H2,1-4H3,(H2,17,18,21)/t14-/m0/s1. The van der Waals surface area contributed by atoms with Gasteiger partial charge in [-0.1, -0.05) is 26.0 Å². The number of amides is 2. The van der Waals surface area contributed by atoms with Crippen LogP contribution in [0.3, 0.4) is 0 Å². The van der Waals surface area contributed by atoms with Crippen molar-refractivity contribution in [2.45, 2.75) is 33.2 Å². The van der Waals surface area contributed by atoms with Crippen LogP contribution in [-0.2, 0) is 9.53 Å². The van der Waals surface area contributed by atoms with Crippen molar-refractivity contribution >= 4 is 23.5 Å². The van der Waals surface area contributed by atoms with Crippen molar-refractivity contribution in [1.29, 1.82) is 0 Å². The van der Waals surface area contributed by atoms with Gasteiger partial charge in [0.25, 0.3) is 0 Å². The summed E-state index contributed by atoms with van der Waals surface area (Å²) < 4.78 is 4.69. The Morgan fingerprint density at radius 1 is 1.23 bits per heavy atom. The molecule has 1 aromatic rings. The average Bonchev–Trinajstić information content (AvgIpc) is 2.45. The predicted molar refractivity (Wildman–Crippen MR) is 83.9 cm³/mol. The number of anilines is 1. The zero-order valence-corrected chi connectivity index (χ0v) is 13.3. The third-order valence-corrected chi connectivity index (χ3v) is 3.03. The molecule has 0 saturated heterocycles. The summed E-state index contributed by atoms with van der Waals surface area (Å²) in [5, 5.41) is 5.20. The number of hydrogen-bond acceptors (Lipinski definition) is 4. The summed E-state index contributed by atoms with van der Waals surface area (Å²) in [6.07, 6.45) is 0.480. The van der Waals surface area contributed by atoms with Gasteiger partial charge in [0.2, 0.25) is 0 Å². The van der Waals surface area contributed by atoms with Gasteiger partial charge in [-0.3, -0.25) is 4.79 Å². The number of ketones is 1. The number of Topliss-reactive ketones (excluding diaryl/α,β-unsaturated/α-hetero) is 1. The Balaban J connectivity index is 2.72. The van der Waals surface area contributed by atoms with E-state index in [4.69, 9.17) is 0 Å². The number of methoxy groups -OCH3 is 1. The molecule has 0 aliphatic rings. The minimum atomic E-state index is -0.707. The van der Waals surface area contributed by atoms with Gasteiger partial charge in [-0.05, 0) is 31.4 Å². The smallest absolute Gasteiger partial charge is 0.328 e. The van der Waals surface area contributed by atoms with Gasteiger partial charge >= 0.3 is 12.0 Å². The van der Waals surface area contributed by atoms with E-state index in [2.05, 4.69) is 15.4 Å². The number of rotatable bonds is 6. The number of ether oxygens (including phenoxy) is 1. The number of carbonyl (C=O) groups is 3. The van der Waals surface area contributed by atoms with Gasteiger partial charge in [-0.2, -0.15) is 0 Å². The Hall–Kier alpha value is -2.37.